The van der Waals surface area contributed by atoms with Gasteiger partial charge in [-0.1, -0.05) is 11.6 Å². The molecule has 1 aliphatic heterocycles. The maximum atomic E-state index is 12.9. The van der Waals surface area contributed by atoms with E-state index in [1.807, 2.05) is 0 Å². The lowest BCUT2D eigenvalue weighted by Crippen LogP contribution is -2.42. The monoisotopic (exact) mass is 455 g/mol. The van der Waals surface area contributed by atoms with Crippen LogP contribution in [0.25, 0.3) is 0 Å². The predicted octanol–water partition coefficient (Wildman–Crippen LogP) is 4.01. The first-order valence-corrected chi connectivity index (χ1v) is 12.5. The maximum Gasteiger partial charge on any atom is 0.253 e. The number of amides is 1. The average Bonchev–Trinajstić information content (AvgIpc) is 3.39. The summed E-state index contributed by atoms with van der Waals surface area (Å²) in [6.45, 7) is 0.294. The van der Waals surface area contributed by atoms with E-state index in [-0.39, 0.29) is 10.1 Å². The summed E-state index contributed by atoms with van der Waals surface area (Å²) in [5.74, 6) is -0.376. The summed E-state index contributed by atoms with van der Waals surface area (Å²) in [5, 5.41) is 13.0. The number of thiophene rings is 2. The number of nitriles is 1. The number of sulfonamides is 1. The molecule has 3 heterocycles. The third-order valence-electron chi connectivity index (χ3n) is 5.14. The minimum absolute atomic E-state index is 0.140. The van der Waals surface area contributed by atoms with Crippen molar-refractivity contribution in [1.82, 2.24) is 4.31 Å². The Morgan fingerprint density at radius 1 is 1.25 bits per heavy atom. The van der Waals surface area contributed by atoms with Crippen molar-refractivity contribution >= 4 is 55.2 Å². The highest BCUT2D eigenvalue weighted by Gasteiger charge is 2.40. The number of carbonyl (C=O) groups is 1. The highest BCUT2D eigenvalue weighted by molar-refractivity contribution is 7.91. The summed E-state index contributed by atoms with van der Waals surface area (Å²) in [6.07, 6.45) is 4.98. The van der Waals surface area contributed by atoms with Crippen LogP contribution in [0.1, 0.15) is 41.7 Å². The zero-order valence-electron chi connectivity index (χ0n) is 14.9. The molecule has 1 amide bonds. The Kier molecular flexibility index (Phi) is 5.51. The number of carbonyl (C=O) groups excluding carboxylic acids is 1. The van der Waals surface area contributed by atoms with Gasteiger partial charge in [-0.25, -0.2) is 8.42 Å². The van der Waals surface area contributed by atoms with Gasteiger partial charge < -0.3 is 5.32 Å². The number of anilines is 1. The molecule has 1 fully saturated rings. The number of aryl methyl sites for hydroxylation is 1. The molecular weight excluding hydrogens is 438 g/mol. The molecule has 148 valence electrons. The van der Waals surface area contributed by atoms with E-state index in [9.17, 15) is 18.5 Å². The van der Waals surface area contributed by atoms with Gasteiger partial charge in [0.2, 0.25) is 5.91 Å². The minimum atomic E-state index is -3.78. The van der Waals surface area contributed by atoms with Crippen LogP contribution in [0, 0.1) is 11.3 Å². The number of rotatable bonds is 4. The third kappa shape index (κ3) is 3.48. The van der Waals surface area contributed by atoms with Crippen LogP contribution in [-0.4, -0.2) is 31.2 Å². The fourth-order valence-corrected chi connectivity index (χ4v) is 8.32. The largest absolute Gasteiger partial charge is 0.315 e. The van der Waals surface area contributed by atoms with E-state index in [0.717, 1.165) is 47.5 Å². The van der Waals surface area contributed by atoms with Gasteiger partial charge in [-0.05, 0) is 56.2 Å². The summed E-state index contributed by atoms with van der Waals surface area (Å²) in [7, 11) is -3.78. The molecule has 1 saturated heterocycles. The average molecular weight is 456 g/mol. The number of hydrogen-bond donors (Lipinski definition) is 1. The second-order valence-electron chi connectivity index (χ2n) is 6.85. The molecule has 2 aliphatic rings. The lowest BCUT2D eigenvalue weighted by molar-refractivity contribution is -0.119. The van der Waals surface area contributed by atoms with Gasteiger partial charge in [-0.2, -0.15) is 9.57 Å². The van der Waals surface area contributed by atoms with E-state index in [4.69, 9.17) is 11.6 Å². The summed E-state index contributed by atoms with van der Waals surface area (Å²) in [4.78, 5) is 14.1. The molecule has 2 aromatic heterocycles. The van der Waals surface area contributed by atoms with Crippen LogP contribution >= 0.6 is 34.3 Å². The van der Waals surface area contributed by atoms with Crippen molar-refractivity contribution in [2.45, 2.75) is 48.8 Å². The lowest BCUT2D eigenvalue weighted by atomic mass is 9.96. The Morgan fingerprint density at radius 2 is 2.04 bits per heavy atom. The fourth-order valence-electron chi connectivity index (χ4n) is 3.81. The number of nitrogens with one attached hydrogen (secondary N) is 1. The molecule has 1 atom stereocenters. The van der Waals surface area contributed by atoms with E-state index >= 15 is 0 Å². The molecule has 6 nitrogen and oxygen atoms in total. The summed E-state index contributed by atoms with van der Waals surface area (Å²) < 4.78 is 27.7. The summed E-state index contributed by atoms with van der Waals surface area (Å²) in [6, 6.07) is 4.45. The van der Waals surface area contributed by atoms with Gasteiger partial charge in [0.05, 0.1) is 9.90 Å². The van der Waals surface area contributed by atoms with Gasteiger partial charge >= 0.3 is 0 Å². The molecule has 0 unspecified atom stereocenters. The van der Waals surface area contributed by atoms with Crippen molar-refractivity contribution < 1.29 is 13.2 Å². The topological polar surface area (TPSA) is 90.3 Å². The molecule has 10 heteroatoms. The van der Waals surface area contributed by atoms with Crippen LogP contribution in [-0.2, 0) is 27.7 Å². The number of nitrogens with zero attached hydrogens (tertiary/aromatic N) is 2. The van der Waals surface area contributed by atoms with E-state index in [0.29, 0.717) is 34.3 Å². The summed E-state index contributed by atoms with van der Waals surface area (Å²) >= 11 is 8.32. The summed E-state index contributed by atoms with van der Waals surface area (Å²) in [5.41, 5.74) is 1.57. The molecule has 28 heavy (non-hydrogen) atoms. The molecule has 0 saturated carbocycles. The lowest BCUT2D eigenvalue weighted by Gasteiger charge is -2.22. The van der Waals surface area contributed by atoms with E-state index in [1.54, 1.807) is 6.07 Å². The second kappa shape index (κ2) is 7.76. The van der Waals surface area contributed by atoms with Crippen molar-refractivity contribution in [2.75, 3.05) is 11.9 Å². The molecule has 4 rings (SSSR count). The molecule has 0 spiro atoms. The standard InChI is InChI=1S/C18H18ClN3O3S3/c19-15-7-8-16(27-15)28(24,25)22-9-3-5-13(22)17(23)21-18-12(10-20)11-4-1-2-6-14(11)26-18/h7-8,13H,1-6,9H2,(H,21,23)/t13-/m0/s1. The molecule has 0 bridgehead atoms. The third-order valence-corrected chi connectivity index (χ3v) is 9.95. The van der Waals surface area contributed by atoms with Crippen molar-refractivity contribution in [1.29, 1.82) is 5.26 Å². The van der Waals surface area contributed by atoms with Crippen LogP contribution in [0.5, 0.6) is 0 Å². The van der Waals surface area contributed by atoms with Gasteiger partial charge in [0, 0.05) is 11.4 Å². The highest BCUT2D eigenvalue weighted by Crippen LogP contribution is 2.38. The minimum Gasteiger partial charge on any atom is -0.315 e. The molecule has 0 radical (unpaired) electrons. The first-order valence-electron chi connectivity index (χ1n) is 9.04. The van der Waals surface area contributed by atoms with Gasteiger partial charge in [-0.3, -0.25) is 4.79 Å². The zero-order chi connectivity index (χ0) is 19.9. The fraction of sp³-hybridized carbons (Fsp3) is 0.444. The Bertz CT molecular complexity index is 1070. The van der Waals surface area contributed by atoms with Crippen LogP contribution in [0.3, 0.4) is 0 Å². The first-order chi connectivity index (χ1) is 13.4. The van der Waals surface area contributed by atoms with Crippen LogP contribution in [0.4, 0.5) is 5.00 Å². The number of fused-ring (bicyclic) bond motifs is 1. The van der Waals surface area contributed by atoms with Crippen molar-refractivity contribution in [2.24, 2.45) is 0 Å². The molecule has 1 N–H and O–H groups in total. The van der Waals surface area contributed by atoms with Gasteiger partial charge in [-0.15, -0.1) is 22.7 Å². The predicted molar refractivity (Wildman–Crippen MR) is 111 cm³/mol. The molecule has 1 aliphatic carbocycles. The molecular formula is C18H18ClN3O3S3. The normalized spacial score (nSPS) is 19.9. The maximum absolute atomic E-state index is 12.9. The first kappa shape index (κ1) is 19.9. The molecule has 2 aromatic rings. The van der Waals surface area contributed by atoms with Crippen LogP contribution < -0.4 is 5.32 Å². The number of hydrogen-bond acceptors (Lipinski definition) is 6. The van der Waals surface area contributed by atoms with Crippen molar-refractivity contribution in [3.05, 3.63) is 32.5 Å². The quantitative estimate of drug-likeness (QED) is 0.754. The SMILES string of the molecule is N#Cc1c(NC(=O)[C@@H]2CCCN2S(=O)(=O)c2ccc(Cl)s2)sc2c1CCCC2. The van der Waals surface area contributed by atoms with Gasteiger partial charge in [0.1, 0.15) is 21.3 Å². The van der Waals surface area contributed by atoms with Crippen LogP contribution in [0.2, 0.25) is 4.34 Å². The van der Waals surface area contributed by atoms with Crippen molar-refractivity contribution in [3.63, 3.8) is 0 Å². The Balaban J connectivity index is 1.58. The van der Waals surface area contributed by atoms with E-state index in [1.165, 1.54) is 21.7 Å². The Labute approximate surface area is 176 Å². The van der Waals surface area contributed by atoms with Gasteiger partial charge in [0.15, 0.2) is 0 Å². The highest BCUT2D eigenvalue weighted by atomic mass is 35.5. The Morgan fingerprint density at radius 3 is 2.75 bits per heavy atom. The van der Waals surface area contributed by atoms with Gasteiger partial charge in [0.25, 0.3) is 10.0 Å². The van der Waals surface area contributed by atoms with E-state index < -0.39 is 16.1 Å². The van der Waals surface area contributed by atoms with E-state index in [2.05, 4.69) is 11.4 Å². The zero-order valence-corrected chi connectivity index (χ0v) is 18.1. The molecule has 0 aromatic carbocycles. The number of halogens is 1. The second-order valence-corrected chi connectivity index (χ2v) is 11.8. The van der Waals surface area contributed by atoms with Crippen molar-refractivity contribution in [3.8, 4) is 6.07 Å². The van der Waals surface area contributed by atoms with Crippen LogP contribution in [0.15, 0.2) is 16.3 Å². The Hall–Kier alpha value is -1.44. The smallest absolute Gasteiger partial charge is 0.253 e.